The van der Waals surface area contributed by atoms with E-state index in [1.807, 2.05) is 18.2 Å². The van der Waals surface area contributed by atoms with Gasteiger partial charge in [0.05, 0.1) is 6.54 Å². The fourth-order valence-corrected chi connectivity index (χ4v) is 2.81. The fourth-order valence-electron chi connectivity index (χ4n) is 2.69. The lowest BCUT2D eigenvalue weighted by Gasteiger charge is -2.22. The van der Waals surface area contributed by atoms with E-state index in [0.29, 0.717) is 28.7 Å². The van der Waals surface area contributed by atoms with Gasteiger partial charge in [0.2, 0.25) is 0 Å². The summed E-state index contributed by atoms with van der Waals surface area (Å²) in [6.45, 7) is 0.303. The quantitative estimate of drug-likeness (QED) is 0.639. The predicted octanol–water partition coefficient (Wildman–Crippen LogP) is 5.06. The van der Waals surface area contributed by atoms with Crippen molar-refractivity contribution in [2.45, 2.75) is 6.54 Å². The van der Waals surface area contributed by atoms with Gasteiger partial charge in [-0.25, -0.2) is 9.59 Å². The normalized spacial score (nSPS) is 10.3. The van der Waals surface area contributed by atoms with E-state index >= 15 is 0 Å². The van der Waals surface area contributed by atoms with Gasteiger partial charge in [-0.05, 0) is 54.1 Å². The zero-order chi connectivity index (χ0) is 20.8. The van der Waals surface area contributed by atoms with Crippen LogP contribution in [0.1, 0.15) is 5.56 Å². The number of hydrogen-bond donors (Lipinski definition) is 1. The molecule has 0 saturated heterocycles. The number of nitrogens with zero attached hydrogens (tertiary/aromatic N) is 2. The first-order chi connectivity index (χ1) is 13.9. The van der Waals surface area contributed by atoms with Crippen molar-refractivity contribution in [1.82, 2.24) is 0 Å². The molecule has 0 bridgehead atoms. The van der Waals surface area contributed by atoms with Crippen molar-refractivity contribution in [2.75, 3.05) is 16.8 Å². The maximum atomic E-state index is 12.3. The van der Waals surface area contributed by atoms with Gasteiger partial charge in [-0.15, -0.1) is 0 Å². The highest BCUT2D eigenvalue weighted by Crippen LogP contribution is 2.23. The minimum absolute atomic E-state index is 0.303. The molecule has 29 heavy (non-hydrogen) atoms. The smallest absolute Gasteiger partial charge is 0.410 e. The highest BCUT2D eigenvalue weighted by molar-refractivity contribution is 6.30. The first kappa shape index (κ1) is 20.2. The summed E-state index contributed by atoms with van der Waals surface area (Å²) in [7, 11) is 1.61. The van der Waals surface area contributed by atoms with E-state index in [0.717, 1.165) is 5.56 Å². The number of ether oxygens (including phenoxy) is 1. The summed E-state index contributed by atoms with van der Waals surface area (Å²) >= 11 is 5.90. The van der Waals surface area contributed by atoms with E-state index in [2.05, 4.69) is 0 Å². The molecule has 0 aliphatic rings. The van der Waals surface area contributed by atoms with Crippen LogP contribution in [-0.2, 0) is 6.54 Å². The van der Waals surface area contributed by atoms with E-state index < -0.39 is 12.1 Å². The highest BCUT2D eigenvalue weighted by Gasteiger charge is 2.16. The average molecular weight is 410 g/mol. The Labute approximate surface area is 174 Å². The number of urea groups is 1. The molecule has 3 rings (SSSR count). The topological polar surface area (TPSA) is 75.9 Å². The van der Waals surface area contributed by atoms with Gasteiger partial charge in [0.1, 0.15) is 5.75 Å². The van der Waals surface area contributed by atoms with Gasteiger partial charge in [0, 0.05) is 23.4 Å². The molecule has 0 aliphatic heterocycles. The molecular weight excluding hydrogens is 390 g/mol. The summed E-state index contributed by atoms with van der Waals surface area (Å²) in [5.74, 6) is 0.462. The summed E-state index contributed by atoms with van der Waals surface area (Å²) in [5, 5.41) is 0.620. The summed E-state index contributed by atoms with van der Waals surface area (Å²) in [5.41, 5.74) is 7.67. The molecule has 0 atom stereocenters. The molecule has 148 valence electrons. The molecule has 0 radical (unpaired) electrons. The lowest BCUT2D eigenvalue weighted by molar-refractivity contribution is 0.209. The minimum Gasteiger partial charge on any atom is -0.410 e. The molecule has 3 amide bonds. The van der Waals surface area contributed by atoms with Crippen molar-refractivity contribution >= 4 is 35.1 Å². The molecule has 0 heterocycles. The summed E-state index contributed by atoms with van der Waals surface area (Å²) < 4.78 is 5.33. The molecule has 0 unspecified atom stereocenters. The van der Waals surface area contributed by atoms with E-state index in [-0.39, 0.29) is 0 Å². The van der Waals surface area contributed by atoms with Crippen molar-refractivity contribution < 1.29 is 14.3 Å². The number of para-hydroxylation sites is 1. The van der Waals surface area contributed by atoms with E-state index in [9.17, 15) is 9.59 Å². The lowest BCUT2D eigenvalue weighted by atomic mass is 10.2. The third-order valence-electron chi connectivity index (χ3n) is 4.29. The van der Waals surface area contributed by atoms with Gasteiger partial charge < -0.3 is 10.5 Å². The van der Waals surface area contributed by atoms with Crippen LogP contribution in [0.4, 0.5) is 21.0 Å². The Morgan fingerprint density at radius 1 is 0.897 bits per heavy atom. The minimum atomic E-state index is -0.579. The molecule has 6 nitrogen and oxygen atoms in total. The van der Waals surface area contributed by atoms with Crippen LogP contribution in [0.3, 0.4) is 0 Å². The fraction of sp³-hybridized carbons (Fsp3) is 0.0909. The zero-order valence-electron chi connectivity index (χ0n) is 15.8. The number of hydrogen-bond acceptors (Lipinski definition) is 3. The molecule has 0 aliphatic carbocycles. The van der Waals surface area contributed by atoms with Crippen LogP contribution in [0.15, 0.2) is 78.9 Å². The van der Waals surface area contributed by atoms with Gasteiger partial charge in [-0.2, -0.15) is 0 Å². The molecule has 3 aromatic rings. The van der Waals surface area contributed by atoms with Gasteiger partial charge >= 0.3 is 12.1 Å². The van der Waals surface area contributed by atoms with Crippen molar-refractivity contribution in [3.05, 3.63) is 89.4 Å². The van der Waals surface area contributed by atoms with Crippen molar-refractivity contribution in [1.29, 1.82) is 0 Å². The Morgan fingerprint density at radius 2 is 1.48 bits per heavy atom. The SMILES string of the molecule is CN(C(=O)Oc1ccccc1)c1ccc(N(Cc2ccc(Cl)cc2)C(N)=O)cc1. The Balaban J connectivity index is 1.72. The van der Waals surface area contributed by atoms with Crippen molar-refractivity contribution in [3.8, 4) is 5.75 Å². The number of carbonyl (C=O) groups excluding carboxylic acids is 2. The number of primary amides is 1. The summed E-state index contributed by atoms with van der Waals surface area (Å²) in [4.78, 5) is 27.1. The van der Waals surface area contributed by atoms with Gasteiger partial charge in [0.15, 0.2) is 0 Å². The summed E-state index contributed by atoms with van der Waals surface area (Å²) in [6.07, 6.45) is -0.517. The maximum Gasteiger partial charge on any atom is 0.419 e. The third-order valence-corrected chi connectivity index (χ3v) is 4.54. The van der Waals surface area contributed by atoms with E-state index in [1.54, 1.807) is 67.7 Å². The van der Waals surface area contributed by atoms with Gasteiger partial charge in [-0.3, -0.25) is 9.80 Å². The molecule has 0 fully saturated rings. The van der Waals surface area contributed by atoms with Crippen LogP contribution in [0.5, 0.6) is 5.75 Å². The second-order valence-electron chi connectivity index (χ2n) is 6.31. The first-order valence-corrected chi connectivity index (χ1v) is 9.24. The molecule has 0 saturated carbocycles. The molecular formula is C22H20ClN3O3. The molecule has 0 aromatic heterocycles. The number of halogens is 1. The maximum absolute atomic E-state index is 12.3. The molecule has 2 N–H and O–H groups in total. The van der Waals surface area contributed by atoms with Crippen LogP contribution < -0.4 is 20.3 Å². The highest BCUT2D eigenvalue weighted by atomic mass is 35.5. The largest absolute Gasteiger partial charge is 0.419 e. The average Bonchev–Trinajstić information content (AvgIpc) is 2.73. The predicted molar refractivity (Wildman–Crippen MR) is 115 cm³/mol. The monoisotopic (exact) mass is 409 g/mol. The number of benzene rings is 3. The number of amides is 3. The van der Waals surface area contributed by atoms with Crippen LogP contribution in [0, 0.1) is 0 Å². The van der Waals surface area contributed by atoms with Crippen molar-refractivity contribution in [3.63, 3.8) is 0 Å². The lowest BCUT2D eigenvalue weighted by Crippen LogP contribution is -2.35. The Bertz CT molecular complexity index is 976. The third kappa shape index (κ3) is 5.27. The van der Waals surface area contributed by atoms with Crippen LogP contribution in [0.2, 0.25) is 5.02 Å². The van der Waals surface area contributed by atoms with Crippen LogP contribution >= 0.6 is 11.6 Å². The Hall–Kier alpha value is -3.51. The Kier molecular flexibility index (Phi) is 6.36. The molecule has 3 aromatic carbocycles. The van der Waals surface area contributed by atoms with Gasteiger partial charge in [-0.1, -0.05) is 41.9 Å². The zero-order valence-corrected chi connectivity index (χ0v) is 16.5. The second-order valence-corrected chi connectivity index (χ2v) is 6.74. The number of rotatable bonds is 5. The summed E-state index contributed by atoms with van der Waals surface area (Å²) in [6, 6.07) is 22.3. The van der Waals surface area contributed by atoms with Crippen LogP contribution in [0.25, 0.3) is 0 Å². The second kappa shape index (κ2) is 9.12. The molecule has 0 spiro atoms. The van der Waals surface area contributed by atoms with Crippen LogP contribution in [-0.4, -0.2) is 19.2 Å². The Morgan fingerprint density at radius 3 is 2.07 bits per heavy atom. The van der Waals surface area contributed by atoms with Gasteiger partial charge in [0.25, 0.3) is 0 Å². The number of anilines is 2. The molecule has 7 heteroatoms. The standard InChI is InChI=1S/C22H20ClN3O3/c1-25(22(28)29-20-5-3-2-4-6-20)18-11-13-19(14-12-18)26(21(24)27)15-16-7-9-17(23)10-8-16/h2-14H,15H2,1H3,(H2,24,27). The van der Waals surface area contributed by atoms with E-state index in [4.69, 9.17) is 22.1 Å². The van der Waals surface area contributed by atoms with Crippen molar-refractivity contribution in [2.24, 2.45) is 5.73 Å². The number of nitrogens with two attached hydrogens (primary N) is 1. The number of carbonyl (C=O) groups is 2. The first-order valence-electron chi connectivity index (χ1n) is 8.86. The van der Waals surface area contributed by atoms with E-state index in [1.165, 1.54) is 9.80 Å².